The molecule has 0 saturated carbocycles. The Morgan fingerprint density at radius 3 is 0.794 bits per heavy atom. The van der Waals surface area contributed by atoms with E-state index in [2.05, 4.69) is 146 Å². The maximum atomic E-state index is 2.17. The van der Waals surface area contributed by atoms with Crippen LogP contribution in [-0.2, 0) is 0 Å². The molecule has 0 aromatic heterocycles. The highest BCUT2D eigenvalue weighted by atomic mass is 14.1. The van der Waals surface area contributed by atoms with Gasteiger partial charge in [0.1, 0.15) is 0 Å². The second-order valence-corrected chi connectivity index (χ2v) is 7.78. The SMILES string of the molecule is C(=CC=CC=C(c1ccccc1)c1ccccc1)C=CC=C(c1ccccc1)c1ccccc1. The van der Waals surface area contributed by atoms with Gasteiger partial charge in [-0.3, -0.25) is 0 Å². The summed E-state index contributed by atoms with van der Waals surface area (Å²) < 4.78 is 0. The highest BCUT2D eigenvalue weighted by molar-refractivity contribution is 5.81. The molecule has 0 N–H and O–H groups in total. The van der Waals surface area contributed by atoms with Crippen molar-refractivity contribution in [2.45, 2.75) is 0 Å². The molecule has 4 rings (SSSR count). The van der Waals surface area contributed by atoms with Gasteiger partial charge in [-0.2, -0.15) is 0 Å². The molecular formula is C34H28. The lowest BCUT2D eigenvalue weighted by molar-refractivity contribution is 1.54. The van der Waals surface area contributed by atoms with E-state index < -0.39 is 0 Å². The highest BCUT2D eigenvalue weighted by Crippen LogP contribution is 2.24. The molecular weight excluding hydrogens is 408 g/mol. The fraction of sp³-hybridized carbons (Fsp3) is 0. The van der Waals surface area contributed by atoms with Gasteiger partial charge in [-0.1, -0.05) is 170 Å². The van der Waals surface area contributed by atoms with Gasteiger partial charge in [0.2, 0.25) is 0 Å². The Morgan fingerprint density at radius 2 is 0.529 bits per heavy atom. The largest absolute Gasteiger partial charge is 0.0623 e. The second kappa shape index (κ2) is 12.6. The molecule has 164 valence electrons. The summed E-state index contributed by atoms with van der Waals surface area (Å²) in [4.78, 5) is 0. The van der Waals surface area contributed by atoms with Gasteiger partial charge in [-0.15, -0.1) is 0 Å². The zero-order valence-electron chi connectivity index (χ0n) is 19.2. The van der Waals surface area contributed by atoms with Gasteiger partial charge in [0.25, 0.3) is 0 Å². The molecule has 0 heteroatoms. The molecule has 34 heavy (non-hydrogen) atoms. The van der Waals surface area contributed by atoms with Crippen molar-refractivity contribution in [3.05, 3.63) is 192 Å². The summed E-state index contributed by atoms with van der Waals surface area (Å²) in [6.07, 6.45) is 16.8. The standard InChI is InChI=1S/C34H28/c1(3-17-27-33(29-19-9-5-10-20-29)30-21-11-6-12-22-30)2-4-18-28-34(31-23-13-7-14-24-31)32-25-15-8-16-26-32/h1-28H. The normalized spacial score (nSPS) is 11.2. The lowest BCUT2D eigenvalue weighted by Gasteiger charge is -2.07. The topological polar surface area (TPSA) is 0 Å². The van der Waals surface area contributed by atoms with Crippen LogP contribution >= 0.6 is 0 Å². The number of rotatable bonds is 8. The van der Waals surface area contributed by atoms with E-state index in [0.717, 1.165) is 0 Å². The van der Waals surface area contributed by atoms with Crippen LogP contribution in [0.1, 0.15) is 22.3 Å². The zero-order chi connectivity index (χ0) is 23.3. The first-order valence-electron chi connectivity index (χ1n) is 11.6. The molecule has 0 spiro atoms. The maximum Gasteiger partial charge on any atom is -0.0111 e. The van der Waals surface area contributed by atoms with Crippen LogP contribution in [0.3, 0.4) is 0 Å². The van der Waals surface area contributed by atoms with Gasteiger partial charge >= 0.3 is 0 Å². The summed E-state index contributed by atoms with van der Waals surface area (Å²) in [7, 11) is 0. The minimum absolute atomic E-state index is 1.21. The molecule has 0 aliphatic heterocycles. The monoisotopic (exact) mass is 436 g/mol. The van der Waals surface area contributed by atoms with Crippen molar-refractivity contribution in [3.63, 3.8) is 0 Å². The number of hydrogen-bond acceptors (Lipinski definition) is 0. The number of allylic oxidation sites excluding steroid dienone is 8. The van der Waals surface area contributed by atoms with Gasteiger partial charge in [0.05, 0.1) is 0 Å². The van der Waals surface area contributed by atoms with Crippen LogP contribution in [0.4, 0.5) is 0 Å². The summed E-state index contributed by atoms with van der Waals surface area (Å²) in [6.45, 7) is 0. The minimum Gasteiger partial charge on any atom is -0.0623 e. The Bertz CT molecular complexity index is 1100. The van der Waals surface area contributed by atoms with E-state index in [0.29, 0.717) is 0 Å². The quantitative estimate of drug-likeness (QED) is 0.242. The van der Waals surface area contributed by atoms with Gasteiger partial charge in [0, 0.05) is 0 Å². The van der Waals surface area contributed by atoms with Crippen LogP contribution < -0.4 is 0 Å². The molecule has 0 bridgehead atoms. The Hall–Kier alpha value is -4.42. The average Bonchev–Trinajstić information content (AvgIpc) is 2.92. The predicted octanol–water partition coefficient (Wildman–Crippen LogP) is 8.92. The van der Waals surface area contributed by atoms with Gasteiger partial charge < -0.3 is 0 Å². The van der Waals surface area contributed by atoms with Crippen LogP contribution in [-0.4, -0.2) is 0 Å². The average molecular weight is 437 g/mol. The van der Waals surface area contributed by atoms with Crippen LogP contribution in [0.15, 0.2) is 170 Å². The third-order valence-electron chi connectivity index (χ3n) is 5.42. The van der Waals surface area contributed by atoms with E-state index in [1.807, 2.05) is 24.3 Å². The van der Waals surface area contributed by atoms with E-state index in [4.69, 9.17) is 0 Å². The summed E-state index contributed by atoms with van der Waals surface area (Å²) in [6, 6.07) is 42.0. The fourth-order valence-electron chi connectivity index (χ4n) is 3.75. The van der Waals surface area contributed by atoms with Gasteiger partial charge in [0.15, 0.2) is 0 Å². The van der Waals surface area contributed by atoms with E-state index in [1.165, 1.54) is 33.4 Å². The third-order valence-corrected chi connectivity index (χ3v) is 5.42. The van der Waals surface area contributed by atoms with Crippen LogP contribution in [0, 0.1) is 0 Å². The van der Waals surface area contributed by atoms with E-state index in [1.54, 1.807) is 0 Å². The Morgan fingerprint density at radius 1 is 0.294 bits per heavy atom. The summed E-state index contributed by atoms with van der Waals surface area (Å²) in [5, 5.41) is 0. The van der Waals surface area contributed by atoms with Gasteiger partial charge in [-0.25, -0.2) is 0 Å². The molecule has 0 radical (unpaired) electrons. The molecule has 0 fully saturated rings. The van der Waals surface area contributed by atoms with Crippen molar-refractivity contribution in [2.24, 2.45) is 0 Å². The zero-order valence-corrected chi connectivity index (χ0v) is 19.2. The smallest absolute Gasteiger partial charge is 0.0111 e. The van der Waals surface area contributed by atoms with Crippen molar-refractivity contribution in [3.8, 4) is 0 Å². The van der Waals surface area contributed by atoms with Crippen LogP contribution in [0.5, 0.6) is 0 Å². The highest BCUT2D eigenvalue weighted by Gasteiger charge is 2.03. The molecule has 0 heterocycles. The summed E-state index contributed by atoms with van der Waals surface area (Å²) >= 11 is 0. The maximum absolute atomic E-state index is 2.17. The Balaban J connectivity index is 1.48. The lowest BCUT2D eigenvalue weighted by atomic mass is 9.97. The summed E-state index contributed by atoms with van der Waals surface area (Å²) in [5.74, 6) is 0. The first-order valence-corrected chi connectivity index (χ1v) is 11.6. The molecule has 0 nitrogen and oxygen atoms in total. The Labute approximate surface area is 203 Å². The van der Waals surface area contributed by atoms with Crippen molar-refractivity contribution in [2.75, 3.05) is 0 Å². The second-order valence-electron chi connectivity index (χ2n) is 7.78. The predicted molar refractivity (Wildman–Crippen MR) is 147 cm³/mol. The third kappa shape index (κ3) is 6.54. The first-order chi connectivity index (χ1) is 16.9. The van der Waals surface area contributed by atoms with Crippen LogP contribution in [0.2, 0.25) is 0 Å². The molecule has 0 aliphatic carbocycles. The molecule has 0 atom stereocenters. The molecule has 0 unspecified atom stereocenters. The fourth-order valence-corrected chi connectivity index (χ4v) is 3.75. The van der Waals surface area contributed by atoms with Gasteiger partial charge in [-0.05, 0) is 33.4 Å². The summed E-state index contributed by atoms with van der Waals surface area (Å²) in [5.41, 5.74) is 7.26. The van der Waals surface area contributed by atoms with Crippen molar-refractivity contribution in [1.82, 2.24) is 0 Å². The van der Waals surface area contributed by atoms with Crippen molar-refractivity contribution >= 4 is 11.1 Å². The molecule has 0 saturated heterocycles. The molecule has 0 aliphatic rings. The van der Waals surface area contributed by atoms with Crippen LogP contribution in [0.25, 0.3) is 11.1 Å². The molecule has 0 amide bonds. The van der Waals surface area contributed by atoms with E-state index in [9.17, 15) is 0 Å². The number of benzene rings is 4. The molecule has 4 aromatic carbocycles. The first kappa shape index (κ1) is 22.8. The van der Waals surface area contributed by atoms with Crippen molar-refractivity contribution < 1.29 is 0 Å². The minimum atomic E-state index is 1.21. The number of hydrogen-bond donors (Lipinski definition) is 0. The van der Waals surface area contributed by atoms with Crippen molar-refractivity contribution in [1.29, 1.82) is 0 Å². The van der Waals surface area contributed by atoms with E-state index >= 15 is 0 Å². The Kier molecular flexibility index (Phi) is 8.42. The lowest BCUT2D eigenvalue weighted by Crippen LogP contribution is -1.86. The van der Waals surface area contributed by atoms with E-state index in [-0.39, 0.29) is 0 Å². The molecule has 4 aromatic rings.